The van der Waals surface area contributed by atoms with E-state index < -0.39 is 47.9 Å². The molecule has 4 unspecified atom stereocenters. The number of hydrogen-bond donors (Lipinski definition) is 8. The van der Waals surface area contributed by atoms with E-state index in [1.54, 1.807) is 0 Å². The molecule has 13 heteroatoms. The number of nitrogens with zero attached hydrogens (tertiary/aromatic N) is 1. The topological polar surface area (TPSA) is 205 Å². The highest BCUT2D eigenvalue weighted by Gasteiger charge is 2.30. The second-order valence-electron chi connectivity index (χ2n) is 8.51. The lowest BCUT2D eigenvalue weighted by Gasteiger charge is -2.24. The summed E-state index contributed by atoms with van der Waals surface area (Å²) in [6, 6.07) is -4.04. The lowest BCUT2D eigenvalue weighted by Crippen LogP contribution is -2.57. The lowest BCUT2D eigenvalue weighted by atomic mass is 10.0. The molecule has 9 N–H and O–H groups in total. The van der Waals surface area contributed by atoms with Crippen LogP contribution in [0.4, 0.5) is 0 Å². The lowest BCUT2D eigenvalue weighted by molar-refractivity contribution is -0.142. The van der Waals surface area contributed by atoms with E-state index in [0.717, 1.165) is 0 Å². The molecule has 1 heterocycles. The Morgan fingerprint density at radius 3 is 2.21 bits per heavy atom. The number of carboxylic acids is 1. The normalized spacial score (nSPS) is 14.6. The summed E-state index contributed by atoms with van der Waals surface area (Å²) in [5.74, 6) is -2.80. The Balaban J connectivity index is 2.86. The summed E-state index contributed by atoms with van der Waals surface area (Å²) in [6.45, 7) is 4.26. The zero-order valence-corrected chi connectivity index (χ0v) is 20.5. The summed E-state index contributed by atoms with van der Waals surface area (Å²) < 4.78 is 0. The van der Waals surface area contributed by atoms with Crippen LogP contribution in [0.25, 0.3) is 0 Å². The van der Waals surface area contributed by atoms with E-state index in [1.165, 1.54) is 12.5 Å². The molecule has 4 atom stereocenters. The summed E-state index contributed by atoms with van der Waals surface area (Å²) >= 11 is 4.14. The van der Waals surface area contributed by atoms with Gasteiger partial charge in [0, 0.05) is 24.1 Å². The third kappa shape index (κ3) is 10.5. The first-order valence-electron chi connectivity index (χ1n) is 11.3. The number of carbonyl (C=O) groups excluding carboxylic acids is 3. The molecule has 0 aliphatic carbocycles. The van der Waals surface area contributed by atoms with Crippen molar-refractivity contribution in [2.75, 3.05) is 12.3 Å². The van der Waals surface area contributed by atoms with Crippen LogP contribution >= 0.6 is 12.6 Å². The van der Waals surface area contributed by atoms with E-state index in [1.807, 2.05) is 13.8 Å². The van der Waals surface area contributed by atoms with Gasteiger partial charge in [-0.15, -0.1) is 0 Å². The number of H-pyrrole nitrogens is 1. The van der Waals surface area contributed by atoms with Gasteiger partial charge in [-0.3, -0.25) is 14.4 Å². The van der Waals surface area contributed by atoms with Crippen LogP contribution < -0.4 is 27.4 Å². The fraction of sp³-hybridized carbons (Fsp3) is 0.667. The summed E-state index contributed by atoms with van der Waals surface area (Å²) in [5, 5.41) is 17.2. The van der Waals surface area contributed by atoms with Gasteiger partial charge in [0.15, 0.2) is 0 Å². The minimum Gasteiger partial charge on any atom is -0.480 e. The average Bonchev–Trinajstić information content (AvgIpc) is 3.28. The molecule has 192 valence electrons. The molecule has 0 saturated carbocycles. The molecule has 1 rings (SSSR count). The van der Waals surface area contributed by atoms with Crippen molar-refractivity contribution in [3.05, 3.63) is 18.2 Å². The molecule has 1 aromatic rings. The van der Waals surface area contributed by atoms with Crippen LogP contribution in [-0.2, 0) is 25.6 Å². The molecule has 0 aliphatic rings. The first-order chi connectivity index (χ1) is 16.1. The minimum atomic E-state index is -1.23. The standard InChI is InChI=1S/C21H37N7O5S/c1-12(2)7-14(23)18(29)28-17(10-34)20(31)26-15(5-3-4-6-22)19(30)27-16(21(32)33)8-13-9-24-11-25-13/h9,11-12,14-17,34H,3-8,10,22-23H2,1-2H3,(H,24,25)(H,26,31)(H,27,30)(H,28,29)(H,32,33). The molecule has 0 spiro atoms. The number of nitrogens with one attached hydrogen (secondary N) is 4. The third-order valence-electron chi connectivity index (χ3n) is 5.05. The zero-order valence-electron chi connectivity index (χ0n) is 19.6. The van der Waals surface area contributed by atoms with Crippen molar-refractivity contribution in [3.63, 3.8) is 0 Å². The molecule has 0 fully saturated rings. The van der Waals surface area contributed by atoms with Crippen molar-refractivity contribution in [1.29, 1.82) is 0 Å². The molecule has 0 aromatic carbocycles. The monoisotopic (exact) mass is 499 g/mol. The van der Waals surface area contributed by atoms with Gasteiger partial charge in [-0.25, -0.2) is 9.78 Å². The molecular formula is C21H37N7O5S. The maximum atomic E-state index is 12.9. The van der Waals surface area contributed by atoms with Crippen molar-refractivity contribution in [2.45, 2.75) is 70.1 Å². The number of unbranched alkanes of at least 4 members (excludes halogenated alkanes) is 1. The number of amides is 3. The van der Waals surface area contributed by atoms with Crippen LogP contribution in [0.2, 0.25) is 0 Å². The number of aromatic amines is 1. The fourth-order valence-corrected chi connectivity index (χ4v) is 3.47. The molecule has 0 aliphatic heterocycles. The molecule has 12 nitrogen and oxygen atoms in total. The smallest absolute Gasteiger partial charge is 0.326 e. The van der Waals surface area contributed by atoms with Crippen LogP contribution in [0.1, 0.15) is 45.2 Å². The van der Waals surface area contributed by atoms with Crippen molar-refractivity contribution < 1.29 is 24.3 Å². The maximum absolute atomic E-state index is 12.9. The van der Waals surface area contributed by atoms with E-state index in [9.17, 15) is 24.3 Å². The molecule has 0 bridgehead atoms. The van der Waals surface area contributed by atoms with Crippen LogP contribution in [0.3, 0.4) is 0 Å². The summed E-state index contributed by atoms with van der Waals surface area (Å²) in [7, 11) is 0. The van der Waals surface area contributed by atoms with Crippen LogP contribution in [0.15, 0.2) is 12.5 Å². The number of nitrogens with two attached hydrogens (primary N) is 2. The van der Waals surface area contributed by atoms with Gasteiger partial charge in [0.05, 0.1) is 12.4 Å². The minimum absolute atomic E-state index is 0.00635. The molecule has 34 heavy (non-hydrogen) atoms. The van der Waals surface area contributed by atoms with Gasteiger partial charge in [0.1, 0.15) is 18.1 Å². The Morgan fingerprint density at radius 1 is 1.06 bits per heavy atom. The van der Waals surface area contributed by atoms with Gasteiger partial charge in [-0.05, 0) is 38.1 Å². The van der Waals surface area contributed by atoms with E-state index in [4.69, 9.17) is 11.5 Å². The number of carboxylic acid groups (broad SMARTS) is 1. The van der Waals surface area contributed by atoms with Crippen molar-refractivity contribution in [3.8, 4) is 0 Å². The molecule has 1 aromatic heterocycles. The summed E-state index contributed by atoms with van der Waals surface area (Å²) in [5.41, 5.74) is 11.9. The second-order valence-corrected chi connectivity index (χ2v) is 8.87. The summed E-state index contributed by atoms with van der Waals surface area (Å²) in [4.78, 5) is 56.4. The highest BCUT2D eigenvalue weighted by atomic mass is 32.1. The second kappa shape index (κ2) is 15.3. The SMILES string of the molecule is CC(C)CC(N)C(=O)NC(CS)C(=O)NC(CCCCN)C(=O)NC(Cc1cnc[nH]1)C(=O)O. The van der Waals surface area contributed by atoms with Gasteiger partial charge in [0.2, 0.25) is 17.7 Å². The van der Waals surface area contributed by atoms with Crippen molar-refractivity contribution >= 4 is 36.3 Å². The predicted molar refractivity (Wildman–Crippen MR) is 130 cm³/mol. The Morgan fingerprint density at radius 2 is 1.68 bits per heavy atom. The largest absolute Gasteiger partial charge is 0.480 e. The highest BCUT2D eigenvalue weighted by molar-refractivity contribution is 7.80. The number of aliphatic carboxylic acids is 1. The average molecular weight is 500 g/mol. The zero-order chi connectivity index (χ0) is 25.7. The Bertz CT molecular complexity index is 790. The van der Waals surface area contributed by atoms with Gasteiger partial charge in [-0.1, -0.05) is 13.8 Å². The number of carbonyl (C=O) groups is 4. The Kier molecular flexibility index (Phi) is 13.2. The van der Waals surface area contributed by atoms with Gasteiger partial charge in [-0.2, -0.15) is 12.6 Å². The van der Waals surface area contributed by atoms with Crippen LogP contribution in [0.5, 0.6) is 0 Å². The van der Waals surface area contributed by atoms with E-state index in [-0.39, 0.29) is 24.5 Å². The Hall–Kier alpha value is -2.64. The summed E-state index contributed by atoms with van der Waals surface area (Å²) in [6.07, 6.45) is 4.71. The van der Waals surface area contributed by atoms with Crippen LogP contribution in [0, 0.1) is 5.92 Å². The van der Waals surface area contributed by atoms with Crippen molar-refractivity contribution in [1.82, 2.24) is 25.9 Å². The van der Waals surface area contributed by atoms with E-state index in [2.05, 4.69) is 38.5 Å². The molecule has 3 amide bonds. The maximum Gasteiger partial charge on any atom is 0.326 e. The molecular weight excluding hydrogens is 462 g/mol. The predicted octanol–water partition coefficient (Wildman–Crippen LogP) is -1.08. The van der Waals surface area contributed by atoms with E-state index in [0.29, 0.717) is 31.5 Å². The first-order valence-corrected chi connectivity index (χ1v) is 11.9. The van der Waals surface area contributed by atoms with Gasteiger partial charge in [0.25, 0.3) is 0 Å². The van der Waals surface area contributed by atoms with E-state index >= 15 is 0 Å². The number of aromatic nitrogens is 2. The number of thiol groups is 1. The van der Waals surface area contributed by atoms with Gasteiger partial charge < -0.3 is 37.5 Å². The molecule has 0 radical (unpaired) electrons. The van der Waals surface area contributed by atoms with Gasteiger partial charge >= 0.3 is 5.97 Å². The number of imidazole rings is 1. The highest BCUT2D eigenvalue weighted by Crippen LogP contribution is 2.06. The van der Waals surface area contributed by atoms with Crippen molar-refractivity contribution in [2.24, 2.45) is 17.4 Å². The fourth-order valence-electron chi connectivity index (χ4n) is 3.21. The number of hydrogen-bond acceptors (Lipinski definition) is 8. The quantitative estimate of drug-likeness (QED) is 0.103. The third-order valence-corrected chi connectivity index (χ3v) is 5.42. The Labute approximate surface area is 204 Å². The first kappa shape index (κ1) is 29.4. The molecule has 0 saturated heterocycles. The van der Waals surface area contributed by atoms with Crippen LogP contribution in [-0.4, -0.2) is 75.2 Å². The number of rotatable bonds is 16.